The fourth-order valence-electron chi connectivity index (χ4n) is 1.48. The van der Waals surface area contributed by atoms with E-state index in [1.807, 2.05) is 0 Å². The van der Waals surface area contributed by atoms with Crippen molar-refractivity contribution in [2.45, 2.75) is 6.54 Å². The number of rotatable bonds is 4. The Bertz CT molecular complexity index is 658. The summed E-state index contributed by atoms with van der Waals surface area (Å²) >= 11 is 0. The van der Waals surface area contributed by atoms with Crippen molar-refractivity contribution in [1.29, 1.82) is 0 Å². The summed E-state index contributed by atoms with van der Waals surface area (Å²) < 4.78 is 27.3. The monoisotopic (exact) mass is 282 g/mol. The molecule has 0 saturated carbocycles. The number of aromatic nitrogens is 3. The minimum absolute atomic E-state index is 0.238. The first kappa shape index (κ1) is 13.6. The molecule has 7 nitrogen and oxygen atoms in total. The fourth-order valence-corrected chi connectivity index (χ4v) is 1.48. The van der Waals surface area contributed by atoms with E-state index in [1.165, 1.54) is 17.1 Å². The van der Waals surface area contributed by atoms with E-state index < -0.39 is 29.1 Å². The van der Waals surface area contributed by atoms with Gasteiger partial charge in [-0.05, 0) is 6.07 Å². The van der Waals surface area contributed by atoms with Crippen molar-refractivity contribution in [3.8, 4) is 0 Å². The van der Waals surface area contributed by atoms with Crippen LogP contribution in [0.3, 0.4) is 0 Å². The lowest BCUT2D eigenvalue weighted by molar-refractivity contribution is -0.116. The van der Waals surface area contributed by atoms with Crippen LogP contribution < -0.4 is 5.32 Å². The molecule has 0 atom stereocenters. The van der Waals surface area contributed by atoms with Gasteiger partial charge < -0.3 is 10.4 Å². The highest BCUT2D eigenvalue weighted by atomic mass is 19.2. The van der Waals surface area contributed by atoms with Crippen LogP contribution >= 0.6 is 0 Å². The third-order valence-electron chi connectivity index (χ3n) is 2.34. The molecule has 0 radical (unpaired) electrons. The summed E-state index contributed by atoms with van der Waals surface area (Å²) in [4.78, 5) is 22.6. The summed E-state index contributed by atoms with van der Waals surface area (Å²) in [5, 5.41) is 18.1. The SMILES string of the molecule is O=C(Cn1ccnn1)Nc1cc(F)c(F)cc1C(=O)O. The number of carboxylic acid groups (broad SMARTS) is 1. The molecule has 0 aliphatic carbocycles. The zero-order chi connectivity index (χ0) is 14.7. The standard InChI is InChI=1S/C11H8F2N4O3/c12-7-3-6(11(19)20)9(4-8(7)13)15-10(18)5-17-2-1-14-16-17/h1-4H,5H2,(H,15,18)(H,19,20). The van der Waals surface area contributed by atoms with Gasteiger partial charge in [-0.2, -0.15) is 0 Å². The molecule has 0 unspecified atom stereocenters. The van der Waals surface area contributed by atoms with Crippen LogP contribution in [-0.4, -0.2) is 32.0 Å². The molecule has 1 aromatic carbocycles. The Balaban J connectivity index is 2.22. The number of carbonyl (C=O) groups excluding carboxylic acids is 1. The molecule has 0 aliphatic rings. The number of benzene rings is 1. The maximum absolute atomic E-state index is 13.1. The third-order valence-corrected chi connectivity index (χ3v) is 2.34. The number of hydrogen-bond acceptors (Lipinski definition) is 4. The van der Waals surface area contributed by atoms with Gasteiger partial charge in [0.15, 0.2) is 11.6 Å². The normalized spacial score (nSPS) is 10.3. The molecule has 2 aromatic rings. The first-order chi connectivity index (χ1) is 9.47. The Morgan fingerprint density at radius 1 is 1.30 bits per heavy atom. The summed E-state index contributed by atoms with van der Waals surface area (Å²) in [6.07, 6.45) is 2.77. The second-order valence-corrected chi connectivity index (χ2v) is 3.77. The van der Waals surface area contributed by atoms with E-state index in [0.717, 1.165) is 0 Å². The maximum Gasteiger partial charge on any atom is 0.337 e. The fraction of sp³-hybridized carbons (Fsp3) is 0.0909. The minimum Gasteiger partial charge on any atom is -0.478 e. The van der Waals surface area contributed by atoms with Crippen molar-refractivity contribution in [3.63, 3.8) is 0 Å². The largest absolute Gasteiger partial charge is 0.478 e. The molecule has 0 spiro atoms. The van der Waals surface area contributed by atoms with Crippen molar-refractivity contribution < 1.29 is 23.5 Å². The molecule has 0 fully saturated rings. The van der Waals surface area contributed by atoms with Gasteiger partial charge in [0.05, 0.1) is 17.4 Å². The van der Waals surface area contributed by atoms with E-state index in [2.05, 4.69) is 15.6 Å². The van der Waals surface area contributed by atoms with Crippen LogP contribution in [0.4, 0.5) is 14.5 Å². The van der Waals surface area contributed by atoms with Crippen LogP contribution in [0.25, 0.3) is 0 Å². The summed E-state index contributed by atoms with van der Waals surface area (Å²) in [5.41, 5.74) is -0.877. The zero-order valence-corrected chi connectivity index (χ0v) is 9.88. The van der Waals surface area contributed by atoms with Crippen molar-refractivity contribution in [3.05, 3.63) is 41.7 Å². The number of amides is 1. The van der Waals surface area contributed by atoms with Crippen molar-refractivity contribution in [2.24, 2.45) is 0 Å². The Morgan fingerprint density at radius 2 is 2.00 bits per heavy atom. The lowest BCUT2D eigenvalue weighted by Crippen LogP contribution is -2.21. The quantitative estimate of drug-likeness (QED) is 0.868. The van der Waals surface area contributed by atoms with E-state index in [4.69, 9.17) is 5.11 Å². The molecule has 0 bridgehead atoms. The summed E-state index contributed by atoms with van der Waals surface area (Å²) in [6, 6.07) is 1.11. The molecule has 1 heterocycles. The third kappa shape index (κ3) is 2.94. The maximum atomic E-state index is 13.1. The van der Waals surface area contributed by atoms with Gasteiger partial charge in [-0.25, -0.2) is 18.3 Å². The van der Waals surface area contributed by atoms with Crippen LogP contribution in [-0.2, 0) is 11.3 Å². The number of hydrogen-bond donors (Lipinski definition) is 2. The minimum atomic E-state index is -1.49. The van der Waals surface area contributed by atoms with Crippen molar-refractivity contribution in [1.82, 2.24) is 15.0 Å². The van der Waals surface area contributed by atoms with Gasteiger partial charge in [-0.15, -0.1) is 5.10 Å². The number of carbonyl (C=O) groups is 2. The van der Waals surface area contributed by atoms with Gasteiger partial charge in [0.25, 0.3) is 0 Å². The highest BCUT2D eigenvalue weighted by Crippen LogP contribution is 2.20. The lowest BCUT2D eigenvalue weighted by Gasteiger charge is -2.09. The summed E-state index contributed by atoms with van der Waals surface area (Å²) in [7, 11) is 0. The van der Waals surface area contributed by atoms with Crippen molar-refractivity contribution in [2.75, 3.05) is 5.32 Å². The van der Waals surface area contributed by atoms with Gasteiger partial charge >= 0.3 is 5.97 Å². The predicted molar refractivity (Wildman–Crippen MR) is 62.0 cm³/mol. The van der Waals surface area contributed by atoms with Gasteiger partial charge in [0.2, 0.25) is 5.91 Å². The Labute approximate surface area is 110 Å². The van der Waals surface area contributed by atoms with Gasteiger partial charge in [-0.3, -0.25) is 4.79 Å². The number of aromatic carboxylic acids is 1. The molecule has 9 heteroatoms. The second-order valence-electron chi connectivity index (χ2n) is 3.77. The first-order valence-corrected chi connectivity index (χ1v) is 5.33. The van der Waals surface area contributed by atoms with Gasteiger partial charge in [0.1, 0.15) is 6.54 Å². The summed E-state index contributed by atoms with van der Waals surface area (Å²) in [5.74, 6) is -4.70. The molecular weight excluding hydrogens is 274 g/mol. The Kier molecular flexibility index (Phi) is 3.69. The average Bonchev–Trinajstić information content (AvgIpc) is 2.85. The molecule has 1 amide bonds. The molecular formula is C11H8F2N4O3. The zero-order valence-electron chi connectivity index (χ0n) is 9.88. The van der Waals surface area contributed by atoms with Crippen LogP contribution in [0.2, 0.25) is 0 Å². The first-order valence-electron chi connectivity index (χ1n) is 5.33. The number of anilines is 1. The lowest BCUT2D eigenvalue weighted by atomic mass is 10.1. The number of halogens is 2. The molecule has 2 rings (SSSR count). The van der Waals surface area contributed by atoms with E-state index in [9.17, 15) is 18.4 Å². The topological polar surface area (TPSA) is 97.1 Å². The van der Waals surface area contributed by atoms with Gasteiger partial charge in [-0.1, -0.05) is 5.21 Å². The molecule has 0 aliphatic heterocycles. The second kappa shape index (κ2) is 5.43. The number of carboxylic acids is 1. The van der Waals surface area contributed by atoms with Crippen LogP contribution in [0.1, 0.15) is 10.4 Å². The van der Waals surface area contributed by atoms with E-state index >= 15 is 0 Å². The molecule has 20 heavy (non-hydrogen) atoms. The van der Waals surface area contributed by atoms with E-state index in [0.29, 0.717) is 12.1 Å². The van der Waals surface area contributed by atoms with Crippen LogP contribution in [0.15, 0.2) is 24.5 Å². The highest BCUT2D eigenvalue weighted by molar-refractivity contribution is 6.00. The van der Waals surface area contributed by atoms with Crippen LogP contribution in [0, 0.1) is 11.6 Å². The molecule has 1 aromatic heterocycles. The number of nitrogens with one attached hydrogen (secondary N) is 1. The molecule has 104 valence electrons. The Morgan fingerprint density at radius 3 is 2.60 bits per heavy atom. The smallest absolute Gasteiger partial charge is 0.337 e. The van der Waals surface area contributed by atoms with E-state index in [1.54, 1.807) is 0 Å². The predicted octanol–water partition coefficient (Wildman–Crippen LogP) is 0.893. The Hall–Kier alpha value is -2.84. The molecule has 2 N–H and O–H groups in total. The van der Waals surface area contributed by atoms with Gasteiger partial charge in [0, 0.05) is 12.3 Å². The summed E-state index contributed by atoms with van der Waals surface area (Å²) in [6.45, 7) is -0.238. The number of nitrogens with zero attached hydrogens (tertiary/aromatic N) is 3. The average molecular weight is 282 g/mol. The van der Waals surface area contributed by atoms with Crippen LogP contribution in [0.5, 0.6) is 0 Å². The molecule has 0 saturated heterocycles. The highest BCUT2D eigenvalue weighted by Gasteiger charge is 2.17. The van der Waals surface area contributed by atoms with E-state index in [-0.39, 0.29) is 12.2 Å². The van der Waals surface area contributed by atoms with Crippen molar-refractivity contribution >= 4 is 17.6 Å².